The summed E-state index contributed by atoms with van der Waals surface area (Å²) in [5, 5.41) is 225. The van der Waals surface area contributed by atoms with Crippen molar-refractivity contribution >= 4 is 10.4 Å². The van der Waals surface area contributed by atoms with E-state index in [0.717, 1.165) is 12.8 Å². The molecular formula is C68H115NaO27S. The van der Waals surface area contributed by atoms with Crippen LogP contribution in [0.1, 0.15) is 149 Å². The molecule has 26 atom stereocenters. The maximum Gasteiger partial charge on any atom is 1.00 e. The molecule has 0 bridgehead atoms. The summed E-state index contributed by atoms with van der Waals surface area (Å²) in [6.07, 6.45) is -9.83. The standard InChI is InChI=1S/C68H116O27S.Na/c1-5-6-7-8-9-10-11-12-13-14-15-16-17-18-28-50(75)62(85)67-65(88)56(81)39-58(94-67)66(89)60(83)43(4)31-34-49(74)57-38-55(80)64(87)68(93-57)63(86)51(76)35-41(2)29-32-47(73)36-52(77)61(84)54(79)37-53(78)59(82)42(3)30-33-46(72)25-20-24-44(70)22-19-23-45(71)26-21-27-48(40-69)95-96(90,91)92;/h5-7,10-15,18,21,26,28,35,42,44-89H,1,4,8-9,16-17,19-20,22-25,27,29-34,36-40H2,2-3H3,(H,90,91,92);/q;+1/p-1/b7-6+,11-10+,13-12+,15-14+,26-21+,28-18+,41-35+;. The normalized spacial score (nSPS) is 26.6. The van der Waals surface area contributed by atoms with Gasteiger partial charge in [0.15, 0.2) is 0 Å². The van der Waals surface area contributed by atoms with Crippen molar-refractivity contribution in [3.63, 3.8) is 0 Å². The fourth-order valence-corrected chi connectivity index (χ4v) is 11.7. The van der Waals surface area contributed by atoms with Crippen molar-refractivity contribution in [2.24, 2.45) is 5.92 Å². The monoisotopic (exact) mass is 1420 g/mol. The van der Waals surface area contributed by atoms with Gasteiger partial charge in [-0.3, -0.25) is 4.18 Å². The van der Waals surface area contributed by atoms with Crippen molar-refractivity contribution in [3.05, 3.63) is 109 Å². The van der Waals surface area contributed by atoms with Crippen molar-refractivity contribution in [1.82, 2.24) is 0 Å². The summed E-state index contributed by atoms with van der Waals surface area (Å²) in [6.45, 7) is 9.88. The molecule has 26 unspecified atom stereocenters. The Morgan fingerprint density at radius 2 is 1.08 bits per heavy atom. The molecule has 0 aromatic heterocycles. The van der Waals surface area contributed by atoms with Gasteiger partial charge in [0.2, 0.25) is 10.4 Å². The van der Waals surface area contributed by atoms with Crippen molar-refractivity contribution in [2.75, 3.05) is 6.61 Å². The van der Waals surface area contributed by atoms with Crippen molar-refractivity contribution in [3.8, 4) is 0 Å². The topological polar surface area (TPSA) is 510 Å². The van der Waals surface area contributed by atoms with E-state index in [1.165, 1.54) is 24.3 Å². The second kappa shape index (κ2) is 50.1. The Morgan fingerprint density at radius 1 is 0.577 bits per heavy atom. The van der Waals surface area contributed by atoms with Crippen molar-refractivity contribution in [1.29, 1.82) is 0 Å². The average Bonchev–Trinajstić information content (AvgIpc) is 0.819. The summed E-state index contributed by atoms with van der Waals surface area (Å²) < 4.78 is 47.9. The average molecular weight is 1420 g/mol. The molecule has 0 radical (unpaired) electrons. The summed E-state index contributed by atoms with van der Waals surface area (Å²) >= 11 is 0. The van der Waals surface area contributed by atoms with E-state index in [-0.39, 0.29) is 99.3 Å². The van der Waals surface area contributed by atoms with Gasteiger partial charge >= 0.3 is 29.6 Å². The van der Waals surface area contributed by atoms with Crippen LogP contribution in [0.25, 0.3) is 0 Å². The number of hydrogen-bond donors (Lipinski definition) is 21. The molecule has 2 fully saturated rings. The van der Waals surface area contributed by atoms with Crippen LogP contribution in [0.15, 0.2) is 109 Å². The predicted octanol–water partition coefficient (Wildman–Crippen LogP) is -3.57. The van der Waals surface area contributed by atoms with E-state index >= 15 is 0 Å². The molecule has 21 N–H and O–H groups in total. The first-order chi connectivity index (χ1) is 45.2. The third-order valence-corrected chi connectivity index (χ3v) is 17.8. The predicted molar refractivity (Wildman–Crippen MR) is 353 cm³/mol. The molecule has 97 heavy (non-hydrogen) atoms. The number of ether oxygens (including phenoxy) is 2. The molecule has 2 aliphatic heterocycles. The van der Waals surface area contributed by atoms with Crippen LogP contribution in [0.5, 0.6) is 0 Å². The van der Waals surface area contributed by atoms with E-state index in [1.54, 1.807) is 26.0 Å². The van der Waals surface area contributed by atoms with E-state index in [1.807, 2.05) is 48.6 Å². The molecule has 2 saturated heterocycles. The minimum atomic E-state index is -5.00. The summed E-state index contributed by atoms with van der Waals surface area (Å²) in [5.74, 6) is -0.581. The van der Waals surface area contributed by atoms with Gasteiger partial charge < -0.3 is 121 Å². The van der Waals surface area contributed by atoms with E-state index < -0.39 is 188 Å². The van der Waals surface area contributed by atoms with Crippen LogP contribution in [0.3, 0.4) is 0 Å². The molecule has 27 nitrogen and oxygen atoms in total. The van der Waals surface area contributed by atoms with Crippen LogP contribution in [-0.2, 0) is 24.1 Å². The van der Waals surface area contributed by atoms with Gasteiger partial charge in [0.25, 0.3) is 0 Å². The maximum absolute atomic E-state index is 11.2. The quantitative estimate of drug-likeness (QED) is 0.00700. The Balaban J connectivity index is 0.0000470. The molecule has 0 aliphatic carbocycles. The molecule has 0 aromatic rings. The summed E-state index contributed by atoms with van der Waals surface area (Å²) in [7, 11) is -5.00. The van der Waals surface area contributed by atoms with E-state index in [0.29, 0.717) is 50.5 Å². The van der Waals surface area contributed by atoms with Gasteiger partial charge in [0.1, 0.15) is 73.2 Å². The number of unbranched alkanes of at least 4 members (excludes halogenated alkanes) is 2. The summed E-state index contributed by atoms with van der Waals surface area (Å²) in [6, 6.07) is 0. The van der Waals surface area contributed by atoms with Crippen LogP contribution in [-0.4, -0.2) is 279 Å². The third-order valence-electron chi connectivity index (χ3n) is 17.3. The Kier molecular flexibility index (Phi) is 47.8. The van der Waals surface area contributed by atoms with Crippen molar-refractivity contribution in [2.45, 2.75) is 301 Å². The number of rotatable bonds is 50. The maximum atomic E-state index is 11.2. The Bertz CT molecular complexity index is 2470. The fourth-order valence-electron chi connectivity index (χ4n) is 11.2. The molecule has 2 heterocycles. The van der Waals surface area contributed by atoms with Crippen LogP contribution in [0, 0.1) is 5.92 Å². The van der Waals surface area contributed by atoms with Gasteiger partial charge in [-0.25, -0.2) is 8.42 Å². The molecule has 0 spiro atoms. The Morgan fingerprint density at radius 3 is 1.65 bits per heavy atom. The zero-order valence-electron chi connectivity index (χ0n) is 56.3. The molecule has 29 heteroatoms. The minimum Gasteiger partial charge on any atom is -0.726 e. The smallest absolute Gasteiger partial charge is 0.726 e. The number of hydrogen-bond acceptors (Lipinski definition) is 27. The van der Waals surface area contributed by atoms with Gasteiger partial charge in [-0.15, -0.1) is 0 Å². The van der Waals surface area contributed by atoms with E-state index in [9.17, 15) is 115 Å². The molecule has 556 valence electrons. The first-order valence-corrected chi connectivity index (χ1v) is 34.7. The number of allylic oxidation sites excluding steroid dienone is 11. The minimum absolute atomic E-state index is 0. The Hall–Kier alpha value is -2.39. The van der Waals surface area contributed by atoms with E-state index in [2.05, 4.69) is 17.3 Å². The second-order valence-corrected chi connectivity index (χ2v) is 26.6. The molecule has 2 rings (SSSR count). The first-order valence-electron chi connectivity index (χ1n) is 33.3. The van der Waals surface area contributed by atoms with Crippen molar-refractivity contribution < 1.29 is 163 Å². The van der Waals surface area contributed by atoms with Gasteiger partial charge in [-0.05, 0) is 128 Å². The molecule has 0 amide bonds. The van der Waals surface area contributed by atoms with Gasteiger partial charge in [0.05, 0.1) is 86.0 Å². The second-order valence-electron chi connectivity index (χ2n) is 25.6. The summed E-state index contributed by atoms with van der Waals surface area (Å²) in [4.78, 5) is 0. The molecule has 2 aliphatic rings. The first kappa shape index (κ1) is 92.6. The van der Waals surface area contributed by atoms with E-state index in [4.69, 9.17) is 14.6 Å². The molecule has 0 aromatic carbocycles. The van der Waals surface area contributed by atoms with Crippen LogP contribution in [0.4, 0.5) is 0 Å². The zero-order valence-corrected chi connectivity index (χ0v) is 59.1. The SMILES string of the molecule is C=C/C=C/CC/C=C/C=C/C=C/CC/C=C/C(O)C(O)C1OC(C(O)C(O)C(=C)CCC(O)C2CC(O)C(O)C(C(O)C(O)/C=C(\C)CCC(O)CC(O)C(O)C(O)CC(O)C(O)C(C)CCC(O)CCCC(O)CCCC(O)/C=C/CC(CO)OS(=O)(=O)[O-])O2)CC(O)C1O.[Na+]. The van der Waals surface area contributed by atoms with Gasteiger partial charge in [0, 0.05) is 25.7 Å². The van der Waals surface area contributed by atoms with Crippen LogP contribution < -0.4 is 29.6 Å². The Labute approximate surface area is 593 Å². The number of aliphatic hydroxyl groups is 21. The van der Waals surface area contributed by atoms with Crippen LogP contribution >= 0.6 is 0 Å². The van der Waals surface area contributed by atoms with Gasteiger partial charge in [-0.2, -0.15) is 0 Å². The summed E-state index contributed by atoms with van der Waals surface area (Å²) in [5.41, 5.74) is 0.389. The van der Waals surface area contributed by atoms with Crippen LogP contribution in [0.2, 0.25) is 0 Å². The number of aliphatic hydroxyl groups excluding tert-OH is 21. The third kappa shape index (κ3) is 37.1. The zero-order chi connectivity index (χ0) is 72.2. The largest absolute Gasteiger partial charge is 1.00 e. The van der Waals surface area contributed by atoms with Gasteiger partial charge in [-0.1, -0.05) is 111 Å². The molecular weight excluding hydrogens is 1300 g/mol. The molecule has 0 saturated carbocycles. The fraction of sp³-hybridized carbons (Fsp3) is 0.735.